The molecule has 16 rings (SSSR count). The number of urea groups is 4. The van der Waals surface area contributed by atoms with Crippen molar-refractivity contribution in [1.82, 2.24) is 19.6 Å². The topological polar surface area (TPSA) is 403 Å². The van der Waals surface area contributed by atoms with Gasteiger partial charge < -0.3 is 89.7 Å². The smallest absolute Gasteiger partial charge is 0.338 e. The highest BCUT2D eigenvalue weighted by Gasteiger charge is 2.46. The normalized spacial score (nSPS) is 18.8. The van der Waals surface area contributed by atoms with Gasteiger partial charge in [-0.05, 0) is 271 Å². The van der Waals surface area contributed by atoms with Gasteiger partial charge in [-0.15, -0.1) is 0 Å². The Morgan fingerprint density at radius 2 is 0.463 bits per heavy atom. The van der Waals surface area contributed by atoms with Crippen LogP contribution < -0.4 is 21.3 Å². The van der Waals surface area contributed by atoms with E-state index in [-0.39, 0.29) is 157 Å². The van der Waals surface area contributed by atoms with Gasteiger partial charge in [-0.2, -0.15) is 0 Å². The number of hydrogen-bond donors (Lipinski definition) is 4. The number of esters is 8. The van der Waals surface area contributed by atoms with Crippen LogP contribution in [0.2, 0.25) is 0 Å². The van der Waals surface area contributed by atoms with Crippen LogP contribution in [0.4, 0.5) is 41.9 Å². The predicted molar refractivity (Wildman–Crippen MR) is 516 cm³/mol. The third-order valence-corrected chi connectivity index (χ3v) is 25.4. The van der Waals surface area contributed by atoms with Crippen molar-refractivity contribution >= 4 is 158 Å². The number of carbonyl (C=O) groups excluding carboxylic acids is 12. The minimum absolute atomic E-state index is 0. The Hall–Kier alpha value is -12.6. The number of anilines is 4. The quantitative estimate of drug-likeness (QED) is 0.0153. The Morgan fingerprint density at radius 1 is 0.284 bits per heavy atom. The van der Waals surface area contributed by atoms with Crippen molar-refractivity contribution in [3.8, 4) is 0 Å². The molecule has 8 amide bonds. The molecule has 8 aliphatic rings. The Bertz CT molecular complexity index is 5030. The maximum atomic E-state index is 12.6. The van der Waals surface area contributed by atoms with Crippen molar-refractivity contribution in [2.24, 2.45) is 23.7 Å². The van der Waals surface area contributed by atoms with Crippen LogP contribution in [0.25, 0.3) is 0 Å². The van der Waals surface area contributed by atoms with E-state index in [0.29, 0.717) is 123 Å². The van der Waals surface area contributed by atoms with Crippen LogP contribution in [0.5, 0.6) is 0 Å². The van der Waals surface area contributed by atoms with E-state index < -0.39 is 0 Å². The largest absolute Gasteiger partial charge is 0.462 e. The van der Waals surface area contributed by atoms with E-state index in [1.54, 1.807) is 193 Å². The van der Waals surface area contributed by atoms with Gasteiger partial charge in [0.25, 0.3) is 0 Å². The lowest BCUT2D eigenvalue weighted by Crippen LogP contribution is -2.40. The zero-order chi connectivity index (χ0) is 93.5. The average Bonchev–Trinajstić information content (AvgIpc) is 1.42. The van der Waals surface area contributed by atoms with E-state index in [1.165, 1.54) is 0 Å². The summed E-state index contributed by atoms with van der Waals surface area (Å²) in [5, 5.41) is 11.6. The molecule has 4 saturated heterocycles. The van der Waals surface area contributed by atoms with Gasteiger partial charge in [-0.3, -0.25) is 0 Å². The molecule has 8 N–H and O–H groups in total. The summed E-state index contributed by atoms with van der Waals surface area (Å²) < 4.78 is 45.5. The number of carbonyl (C=O) groups is 12. The third kappa shape index (κ3) is 25.7. The summed E-state index contributed by atoms with van der Waals surface area (Å²) in [6, 6.07) is 48.0. The van der Waals surface area contributed by atoms with Crippen LogP contribution >= 0.6 is 63.7 Å². The Balaban J connectivity index is 0.000000171. The number of rotatable bonds is 28. The molecule has 0 saturated carbocycles. The number of amides is 8. The number of nitrogens with zero attached hydrogens (tertiary/aromatic N) is 4. The molecule has 0 aliphatic carbocycles. The van der Waals surface area contributed by atoms with Gasteiger partial charge in [0.05, 0.1) is 122 Å². The lowest BCUT2D eigenvalue weighted by atomic mass is 9.90. The van der Waals surface area contributed by atoms with E-state index in [4.69, 9.17) is 37.9 Å². The second kappa shape index (κ2) is 48.9. The zero-order valence-electron chi connectivity index (χ0n) is 74.0. The highest BCUT2D eigenvalue weighted by atomic mass is 79.9. The molecule has 0 spiro atoms. The van der Waals surface area contributed by atoms with Crippen molar-refractivity contribution in [2.45, 2.75) is 103 Å². The molecular formula is C100H104Br4N8O22. The minimum atomic E-state index is -0.374. The molecule has 8 aromatic rings. The van der Waals surface area contributed by atoms with Gasteiger partial charge in [0.1, 0.15) is 0 Å². The second-order valence-corrected chi connectivity index (χ2v) is 35.3. The van der Waals surface area contributed by atoms with E-state index in [1.807, 2.05) is 48.6 Å². The summed E-state index contributed by atoms with van der Waals surface area (Å²) in [5.41, 5.74) is 10.5. The first-order chi connectivity index (χ1) is 63.9. The fourth-order valence-electron chi connectivity index (χ4n) is 17.0. The molecule has 4 fully saturated rings. The fourth-order valence-corrected chi connectivity index (χ4v) is 18.1. The van der Waals surface area contributed by atoms with Crippen LogP contribution in [0.3, 0.4) is 0 Å². The number of halogens is 4. The molecule has 34 heteroatoms. The van der Waals surface area contributed by atoms with Gasteiger partial charge in [-0.1, -0.05) is 112 Å². The van der Waals surface area contributed by atoms with Gasteiger partial charge in [0.15, 0.2) is 0 Å². The SMILES string of the molecule is CCOC(=O)c1ccc2c(c1)[C@H]1[C@H](/C=C/CCOC(=O)c3ccc(Br)cc3)CCN1C(=O)N2.CCOC(=O)c1ccc2c(c1)[C@H]1[C@H](/C=C/CCOC(=O)c3ccc(Br)cc3)CCN1C(=O)N2.CCOC(=O)c1ccc2c(c1)[C@H]1[C@H](/C=C/CCOC(=O)c3ccc(Br)cc3)CCN1C(=O)N2.CCOC(=O)c1ccc2c(c1)[C@H]1[C@H](/C=C/CCOC(=O)c3ccc(Br)cc3)CCN1C(=O)N2.O.O. The van der Waals surface area contributed by atoms with Gasteiger partial charge in [-0.25, -0.2) is 57.5 Å². The Kier molecular flexibility index (Phi) is 37.2. The van der Waals surface area contributed by atoms with Crippen LogP contribution in [0, 0.1) is 23.7 Å². The molecule has 8 aromatic carbocycles. The van der Waals surface area contributed by atoms with Crippen LogP contribution in [0.15, 0.2) is 236 Å². The standard InChI is InChI=1S/4C25H25BrN2O5.2H2O/c4*1-2-32-24(30)18-8-11-21-20(15-18)22-16(12-13-28(22)25(31)27-21)5-3-4-14-33-23(29)17-6-9-19(26)10-7-17;;/h4*3,5-11,15-16,22H,2,4,12-14H2,1H3,(H,27,31);2*1H2/b4*5-3+;;/t4*16-,22-;;/m1111../s1. The molecule has 0 unspecified atom stereocenters. The average molecular weight is 2090 g/mol. The maximum absolute atomic E-state index is 12.6. The van der Waals surface area contributed by atoms with E-state index in [2.05, 4.69) is 109 Å². The lowest BCUT2D eigenvalue weighted by Gasteiger charge is -2.34. The third-order valence-electron chi connectivity index (χ3n) is 23.2. The van der Waals surface area contributed by atoms with Crippen LogP contribution in [0.1, 0.15) is 208 Å². The molecular weight excluding hydrogens is 1980 g/mol. The summed E-state index contributed by atoms with van der Waals surface area (Å²) in [4.78, 5) is 155. The molecule has 0 aromatic heterocycles. The molecule has 704 valence electrons. The predicted octanol–water partition coefficient (Wildman–Crippen LogP) is 19.7. The number of hydrogen-bond acceptors (Lipinski definition) is 20. The number of nitrogens with one attached hydrogen (secondary N) is 4. The number of benzene rings is 8. The molecule has 30 nitrogen and oxygen atoms in total. The first kappa shape index (κ1) is 102. The molecule has 8 atom stereocenters. The van der Waals surface area contributed by atoms with Crippen molar-refractivity contribution in [1.29, 1.82) is 0 Å². The van der Waals surface area contributed by atoms with E-state index >= 15 is 0 Å². The minimum Gasteiger partial charge on any atom is -0.462 e. The second-order valence-electron chi connectivity index (χ2n) is 31.6. The monoisotopic (exact) mass is 2080 g/mol. The first-order valence-electron chi connectivity index (χ1n) is 43.8. The molecule has 0 radical (unpaired) electrons. The fraction of sp³-hybridized carbons (Fsp3) is 0.320. The molecule has 8 aliphatic heterocycles. The number of fused-ring (bicyclic) bond motifs is 12. The van der Waals surface area contributed by atoms with Gasteiger partial charge in [0, 0.05) is 90.5 Å². The summed E-state index contributed by atoms with van der Waals surface area (Å²) in [7, 11) is 0. The first-order valence-corrected chi connectivity index (χ1v) is 47.0. The Labute approximate surface area is 809 Å². The molecule has 134 heavy (non-hydrogen) atoms. The maximum Gasteiger partial charge on any atom is 0.338 e. The molecule has 0 bridgehead atoms. The van der Waals surface area contributed by atoms with Crippen molar-refractivity contribution in [2.75, 3.05) is 100 Å². The zero-order valence-corrected chi connectivity index (χ0v) is 80.4. The highest BCUT2D eigenvalue weighted by molar-refractivity contribution is 9.11. The number of ether oxygens (including phenoxy) is 8. The summed E-state index contributed by atoms with van der Waals surface area (Å²) >= 11 is 13.4. The van der Waals surface area contributed by atoms with Crippen molar-refractivity contribution < 1.29 is 106 Å². The Morgan fingerprint density at radius 3 is 0.649 bits per heavy atom. The molecule has 8 heterocycles. The van der Waals surface area contributed by atoms with Gasteiger partial charge in [0.2, 0.25) is 0 Å². The summed E-state index contributed by atoms with van der Waals surface area (Å²) in [6.07, 6.45) is 21.9. The van der Waals surface area contributed by atoms with E-state index in [9.17, 15) is 57.5 Å². The van der Waals surface area contributed by atoms with E-state index in [0.717, 1.165) is 88.6 Å². The van der Waals surface area contributed by atoms with Crippen molar-refractivity contribution in [3.63, 3.8) is 0 Å². The summed E-state index contributed by atoms with van der Waals surface area (Å²) in [5.74, 6) is -2.49. The van der Waals surface area contributed by atoms with Crippen LogP contribution in [-0.4, -0.2) is 181 Å². The van der Waals surface area contributed by atoms with Crippen molar-refractivity contribution in [3.05, 3.63) is 303 Å². The van der Waals surface area contributed by atoms with Gasteiger partial charge >= 0.3 is 71.9 Å². The lowest BCUT2D eigenvalue weighted by molar-refractivity contribution is 0.0502. The highest BCUT2D eigenvalue weighted by Crippen LogP contribution is 2.49. The summed E-state index contributed by atoms with van der Waals surface area (Å²) in [6.45, 7) is 11.9. The van der Waals surface area contributed by atoms with Crippen LogP contribution in [-0.2, 0) is 37.9 Å².